The molecular weight excluding hydrogens is 757 g/mol. The Morgan fingerprint density at radius 3 is 2.40 bits per heavy atom. The summed E-state index contributed by atoms with van der Waals surface area (Å²) in [6.45, 7) is 20.2. The van der Waals surface area contributed by atoms with Gasteiger partial charge in [-0.3, -0.25) is 18.8 Å². The minimum absolute atomic E-state index is 0.196. The van der Waals surface area contributed by atoms with Crippen molar-refractivity contribution in [3.05, 3.63) is 70.0 Å². The van der Waals surface area contributed by atoms with Crippen LogP contribution in [0.1, 0.15) is 106 Å². The van der Waals surface area contributed by atoms with Crippen LogP contribution in [0.25, 0.3) is 11.0 Å². The quantitative estimate of drug-likeness (QED) is 0.149. The van der Waals surface area contributed by atoms with Crippen molar-refractivity contribution >= 4 is 27.8 Å². The van der Waals surface area contributed by atoms with Crippen LogP contribution in [-0.2, 0) is 27.9 Å². The molecule has 3 aromatic heterocycles. The molecule has 2 N–H and O–H groups in total. The van der Waals surface area contributed by atoms with Gasteiger partial charge >= 0.3 is 5.97 Å². The van der Waals surface area contributed by atoms with E-state index in [9.17, 15) is 13.9 Å². The van der Waals surface area contributed by atoms with Gasteiger partial charge < -0.3 is 23.5 Å². The lowest BCUT2D eigenvalue weighted by Gasteiger charge is -2.44. The number of fused-ring (bicyclic) bond motifs is 2. The first-order chi connectivity index (χ1) is 27.4. The first-order valence-corrected chi connectivity index (χ1v) is 22.2. The summed E-state index contributed by atoms with van der Waals surface area (Å²) in [5, 5.41) is 9.76. The second-order valence-electron chi connectivity index (χ2n) is 18.1. The number of ether oxygens (including phenoxy) is 4. The Bertz CT molecular complexity index is 2130. The molecule has 13 nitrogen and oxygen atoms in total. The lowest BCUT2D eigenvalue weighted by atomic mass is 9.72. The van der Waals surface area contributed by atoms with Gasteiger partial charge in [-0.15, -0.1) is 15.9 Å². The number of aryl methyl sites for hydroxylation is 4. The molecule has 0 bridgehead atoms. The highest BCUT2D eigenvalue weighted by molar-refractivity contribution is 8.22. The van der Waals surface area contributed by atoms with Crippen molar-refractivity contribution in [1.82, 2.24) is 29.0 Å². The molecule has 0 radical (unpaired) electrons. The highest BCUT2D eigenvalue weighted by Crippen LogP contribution is 2.59. The Labute approximate surface area is 344 Å². The summed E-state index contributed by atoms with van der Waals surface area (Å²) in [6, 6.07) is 12.1. The van der Waals surface area contributed by atoms with Crippen LogP contribution in [0, 0.1) is 26.2 Å². The molecule has 14 heteroatoms. The molecule has 0 aliphatic carbocycles. The van der Waals surface area contributed by atoms with Crippen molar-refractivity contribution < 1.29 is 32.8 Å². The molecule has 4 aromatic rings. The number of benzene rings is 1. The maximum atomic E-state index is 14.1. The largest absolute Gasteiger partial charge is 0.476 e. The Kier molecular flexibility index (Phi) is 11.9. The average molecular weight is 819 g/mol. The zero-order chi connectivity index (χ0) is 41.6. The van der Waals surface area contributed by atoms with Crippen molar-refractivity contribution in [3.63, 3.8) is 0 Å². The van der Waals surface area contributed by atoms with E-state index in [2.05, 4.69) is 33.3 Å². The van der Waals surface area contributed by atoms with E-state index in [1.807, 2.05) is 79.1 Å². The third-order valence-electron chi connectivity index (χ3n) is 12.0. The van der Waals surface area contributed by atoms with Crippen LogP contribution in [0.5, 0.6) is 11.8 Å². The fourth-order valence-corrected chi connectivity index (χ4v) is 10.3. The van der Waals surface area contributed by atoms with Gasteiger partial charge in [0.05, 0.1) is 30.9 Å². The highest BCUT2D eigenvalue weighted by Gasteiger charge is 2.47. The van der Waals surface area contributed by atoms with E-state index in [0.29, 0.717) is 44.1 Å². The number of likely N-dealkylation sites (tertiary alicyclic amines) is 1. The molecule has 1 aromatic carbocycles. The number of aromatic nitrogens is 4. The van der Waals surface area contributed by atoms with Crippen LogP contribution in [0.3, 0.4) is 0 Å². The molecule has 0 saturated carbocycles. The number of carbonyl (C=O) groups is 1. The maximum absolute atomic E-state index is 14.1. The Hall–Kier alpha value is -3.79. The van der Waals surface area contributed by atoms with Crippen molar-refractivity contribution in [1.29, 1.82) is 0 Å². The van der Waals surface area contributed by atoms with E-state index in [4.69, 9.17) is 23.9 Å². The van der Waals surface area contributed by atoms with Gasteiger partial charge in [-0.2, -0.15) is 14.4 Å². The molecule has 316 valence electrons. The Morgan fingerprint density at radius 2 is 1.69 bits per heavy atom. The second kappa shape index (κ2) is 16.3. The highest BCUT2D eigenvalue weighted by atomic mass is 32.3. The molecule has 0 amide bonds. The zero-order valence-corrected chi connectivity index (χ0v) is 36.6. The standard InChI is InChI=1S/C44H62N6O7S/c1-29-13-14-32(37(43(7,8)41(51)57-42(4,5)6)35-26-33-24-31(3)46-47-38(33)48(35)9)25-34(29)27-50-28-44(15-20-54-21-16-44)56-40-36(58(50,52)53)23-30(2)39(45-40)55-22-19-49-17-11-10-12-18-49/h13-14,23-26,37,52-53H,10-12,15-22,27-28H2,1-9H3. The molecule has 3 aliphatic heterocycles. The number of carbonyl (C=O) groups excluding carboxylic acids is 1. The van der Waals surface area contributed by atoms with Crippen LogP contribution >= 0.6 is 10.8 Å². The van der Waals surface area contributed by atoms with Gasteiger partial charge in [0.15, 0.2) is 5.65 Å². The number of piperidine rings is 1. The van der Waals surface area contributed by atoms with E-state index >= 15 is 0 Å². The molecule has 1 atom stereocenters. The van der Waals surface area contributed by atoms with E-state index in [1.54, 1.807) is 10.4 Å². The number of esters is 1. The van der Waals surface area contributed by atoms with Gasteiger partial charge in [0, 0.05) is 55.5 Å². The van der Waals surface area contributed by atoms with Crippen molar-refractivity contribution in [2.75, 3.05) is 46.0 Å². The van der Waals surface area contributed by atoms with Gasteiger partial charge in [-0.1, -0.05) is 24.6 Å². The molecule has 3 aliphatic rings. The lowest BCUT2D eigenvalue weighted by molar-refractivity contribution is -0.166. The Morgan fingerprint density at radius 1 is 0.966 bits per heavy atom. The number of hydrogen-bond acceptors (Lipinski definition) is 12. The summed E-state index contributed by atoms with van der Waals surface area (Å²) in [7, 11) is -1.66. The first-order valence-electron chi connectivity index (χ1n) is 20.7. The van der Waals surface area contributed by atoms with Crippen LogP contribution in [-0.4, -0.2) is 101 Å². The van der Waals surface area contributed by atoms with Crippen molar-refractivity contribution in [3.8, 4) is 11.8 Å². The van der Waals surface area contributed by atoms with Crippen LogP contribution in [0.15, 0.2) is 41.3 Å². The normalized spacial score (nSPS) is 19.9. The van der Waals surface area contributed by atoms with Crippen molar-refractivity contribution in [2.45, 2.75) is 116 Å². The summed E-state index contributed by atoms with van der Waals surface area (Å²) >= 11 is 0. The summed E-state index contributed by atoms with van der Waals surface area (Å²) in [5.41, 5.74) is 3.40. The van der Waals surface area contributed by atoms with Crippen LogP contribution < -0.4 is 9.47 Å². The van der Waals surface area contributed by atoms with E-state index in [1.165, 1.54) is 19.3 Å². The minimum atomic E-state index is -3.61. The summed E-state index contributed by atoms with van der Waals surface area (Å²) in [5.74, 6) is -0.147. The molecule has 2 fully saturated rings. The third-order valence-corrected chi connectivity index (χ3v) is 13.8. The predicted molar refractivity (Wildman–Crippen MR) is 226 cm³/mol. The number of rotatable bonds is 10. The van der Waals surface area contributed by atoms with Crippen LogP contribution in [0.2, 0.25) is 0 Å². The van der Waals surface area contributed by atoms with Gasteiger partial charge in [0.2, 0.25) is 11.8 Å². The fraction of sp³-hybridized carbons (Fsp3) is 0.591. The lowest BCUT2D eigenvalue weighted by Crippen LogP contribution is -2.49. The molecule has 6 heterocycles. The van der Waals surface area contributed by atoms with Crippen LogP contribution in [0.4, 0.5) is 0 Å². The molecule has 2 saturated heterocycles. The monoisotopic (exact) mass is 818 g/mol. The van der Waals surface area contributed by atoms with Gasteiger partial charge in [-0.05, 0) is 116 Å². The maximum Gasteiger partial charge on any atom is 0.313 e. The minimum Gasteiger partial charge on any atom is -0.476 e. The van der Waals surface area contributed by atoms with E-state index in [-0.39, 0.29) is 29.8 Å². The first kappa shape index (κ1) is 42.3. The smallest absolute Gasteiger partial charge is 0.313 e. The van der Waals surface area contributed by atoms with Crippen molar-refractivity contribution in [2.24, 2.45) is 12.5 Å². The average Bonchev–Trinajstić information content (AvgIpc) is 3.43. The fourth-order valence-electron chi connectivity index (χ4n) is 8.60. The molecule has 1 spiro atoms. The second-order valence-corrected chi connectivity index (χ2v) is 20.1. The molecular formula is C44H62N6O7S. The number of nitrogens with zero attached hydrogens (tertiary/aromatic N) is 6. The summed E-state index contributed by atoms with van der Waals surface area (Å²) in [6.07, 6.45) is 4.81. The third kappa shape index (κ3) is 8.73. The van der Waals surface area contributed by atoms with Gasteiger partial charge in [0.1, 0.15) is 22.7 Å². The van der Waals surface area contributed by atoms with E-state index in [0.717, 1.165) is 58.7 Å². The Balaban J connectivity index is 1.26. The summed E-state index contributed by atoms with van der Waals surface area (Å²) < 4.78 is 53.4. The SMILES string of the molecule is Cc1cc2cc(C(c3ccc(C)c(CN4CC5(CCOCC5)Oc5nc(OCCN6CCCCC6)c(C)cc5S4(O)O)c3)C(C)(C)C(=O)OC(C)(C)C)n(C)c2nn1. The summed E-state index contributed by atoms with van der Waals surface area (Å²) in [4.78, 5) is 21.7. The van der Waals surface area contributed by atoms with Gasteiger partial charge in [-0.25, -0.2) is 0 Å². The molecule has 58 heavy (non-hydrogen) atoms. The topological polar surface area (TPSA) is 145 Å². The van der Waals surface area contributed by atoms with Gasteiger partial charge in [0.25, 0.3) is 0 Å². The number of pyridine rings is 1. The van der Waals surface area contributed by atoms with E-state index < -0.39 is 33.3 Å². The number of hydrogen-bond donors (Lipinski definition) is 2. The zero-order valence-electron chi connectivity index (χ0n) is 35.8. The molecule has 7 rings (SSSR count). The predicted octanol–water partition coefficient (Wildman–Crippen LogP) is 8.12. The molecule has 1 unspecified atom stereocenters.